The van der Waals surface area contributed by atoms with Crippen molar-refractivity contribution in [3.8, 4) is 17.4 Å². The predicted octanol–water partition coefficient (Wildman–Crippen LogP) is 3.92. The number of hydrogen-bond donors (Lipinski definition) is 0. The lowest BCUT2D eigenvalue weighted by atomic mass is 10.2. The van der Waals surface area contributed by atoms with E-state index in [-0.39, 0.29) is 24.1 Å². The van der Waals surface area contributed by atoms with E-state index in [9.17, 15) is 26.7 Å². The van der Waals surface area contributed by atoms with E-state index in [4.69, 9.17) is 14.2 Å². The number of pyridine rings is 1. The molecule has 0 unspecified atom stereocenters. The van der Waals surface area contributed by atoms with Gasteiger partial charge in [0.05, 0.1) is 12.6 Å². The molecule has 0 saturated carbocycles. The first kappa shape index (κ1) is 24.0. The van der Waals surface area contributed by atoms with Gasteiger partial charge in [-0.25, -0.2) is 13.6 Å². The van der Waals surface area contributed by atoms with Crippen molar-refractivity contribution in [2.75, 3.05) is 24.7 Å². The van der Waals surface area contributed by atoms with Crippen molar-refractivity contribution in [3.63, 3.8) is 0 Å². The number of rotatable bonds is 5. The summed E-state index contributed by atoms with van der Waals surface area (Å²) in [5, 5.41) is 0. The van der Waals surface area contributed by atoms with Gasteiger partial charge in [-0.05, 0) is 30.2 Å². The van der Waals surface area contributed by atoms with Gasteiger partial charge in [0.25, 0.3) is 0 Å². The molecule has 4 heterocycles. The van der Waals surface area contributed by atoms with E-state index in [0.29, 0.717) is 38.2 Å². The Labute approximate surface area is 200 Å². The summed E-state index contributed by atoms with van der Waals surface area (Å²) in [5.74, 6) is -2.96. The van der Waals surface area contributed by atoms with E-state index < -0.39 is 40.7 Å². The first-order valence-electron chi connectivity index (χ1n) is 11.0. The maximum atomic E-state index is 14.6. The number of benzene rings is 1. The minimum atomic E-state index is -4.74. The minimum Gasteiger partial charge on any atom is -0.473 e. The fourth-order valence-corrected chi connectivity index (χ4v) is 4.18. The minimum absolute atomic E-state index is 0.00493. The monoisotopic (exact) mass is 510 g/mol. The predicted molar refractivity (Wildman–Crippen MR) is 115 cm³/mol. The van der Waals surface area contributed by atoms with E-state index in [1.165, 1.54) is 0 Å². The molecule has 1 fully saturated rings. The molecule has 0 aliphatic carbocycles. The molecule has 1 aromatic carbocycles. The van der Waals surface area contributed by atoms with Crippen molar-refractivity contribution in [1.29, 1.82) is 0 Å². The van der Waals surface area contributed by atoms with Crippen LogP contribution in [0, 0.1) is 11.6 Å². The molecule has 2 aromatic heterocycles. The van der Waals surface area contributed by atoms with Crippen LogP contribution in [0.3, 0.4) is 0 Å². The largest absolute Gasteiger partial charge is 0.473 e. The molecule has 1 saturated heterocycles. The molecule has 0 bridgehead atoms. The zero-order valence-corrected chi connectivity index (χ0v) is 18.6. The number of halogens is 5. The number of nitrogens with zero attached hydrogens (tertiary/aromatic N) is 4. The maximum absolute atomic E-state index is 14.6. The van der Waals surface area contributed by atoms with E-state index >= 15 is 0 Å². The highest BCUT2D eigenvalue weighted by Gasteiger charge is 2.33. The van der Waals surface area contributed by atoms with Crippen LogP contribution in [-0.2, 0) is 24.1 Å². The zero-order chi connectivity index (χ0) is 25.4. The highest BCUT2D eigenvalue weighted by Crippen LogP contribution is 2.34. The fraction of sp³-hybridized carbons (Fsp3) is 0.348. The first-order valence-corrected chi connectivity index (χ1v) is 11.0. The van der Waals surface area contributed by atoms with Crippen LogP contribution in [0.2, 0.25) is 0 Å². The van der Waals surface area contributed by atoms with E-state index in [1.807, 2.05) is 0 Å². The molecule has 0 radical (unpaired) electrons. The number of aromatic nitrogens is 3. The van der Waals surface area contributed by atoms with Gasteiger partial charge >= 0.3 is 11.9 Å². The molecule has 2 aliphatic rings. The third-order valence-corrected chi connectivity index (χ3v) is 5.85. The Bertz CT molecular complexity index is 1320. The molecule has 1 atom stereocenters. The van der Waals surface area contributed by atoms with Crippen molar-refractivity contribution >= 4 is 5.82 Å². The summed E-state index contributed by atoms with van der Waals surface area (Å²) in [6.07, 6.45) is -3.15. The number of alkyl halides is 3. The highest BCUT2D eigenvalue weighted by atomic mass is 19.4. The van der Waals surface area contributed by atoms with E-state index in [0.717, 1.165) is 30.8 Å². The second kappa shape index (κ2) is 9.37. The maximum Gasteiger partial charge on any atom is 0.433 e. The molecule has 0 N–H and O–H groups in total. The van der Waals surface area contributed by atoms with Gasteiger partial charge in [0.2, 0.25) is 5.88 Å². The Morgan fingerprint density at radius 2 is 1.89 bits per heavy atom. The molecule has 0 amide bonds. The lowest BCUT2D eigenvalue weighted by Crippen LogP contribution is -2.32. The Morgan fingerprint density at radius 1 is 1.11 bits per heavy atom. The summed E-state index contributed by atoms with van der Waals surface area (Å²) in [5.41, 5.74) is -1.69. The van der Waals surface area contributed by atoms with Crippen molar-refractivity contribution in [1.82, 2.24) is 14.5 Å². The van der Waals surface area contributed by atoms with Gasteiger partial charge in [0.15, 0.2) is 17.4 Å². The van der Waals surface area contributed by atoms with Gasteiger partial charge in [-0.15, -0.1) is 0 Å². The SMILES string of the molecule is O=c1nc(OCc2cc(F)c(Oc3ccnc(C(F)(F)F)c3)c(F)c2)cc2n1C[C@H]1CCOCCN21. The average Bonchev–Trinajstić information content (AvgIpc) is 3.01. The molecule has 13 heteroatoms. The lowest BCUT2D eigenvalue weighted by molar-refractivity contribution is -0.141. The normalized spacial score (nSPS) is 17.4. The van der Waals surface area contributed by atoms with Crippen LogP contribution >= 0.6 is 0 Å². The summed E-state index contributed by atoms with van der Waals surface area (Å²) in [7, 11) is 0. The summed E-state index contributed by atoms with van der Waals surface area (Å²) < 4.78 is 85.2. The summed E-state index contributed by atoms with van der Waals surface area (Å²) in [6, 6.07) is 5.14. The Kier molecular flexibility index (Phi) is 6.24. The summed E-state index contributed by atoms with van der Waals surface area (Å²) in [6.45, 7) is 1.90. The third kappa shape index (κ3) is 4.83. The van der Waals surface area contributed by atoms with Crippen LogP contribution in [0.15, 0.2) is 41.3 Å². The zero-order valence-electron chi connectivity index (χ0n) is 18.6. The number of anilines is 1. The molecular formula is C23H19F5N4O4. The molecule has 2 aliphatic heterocycles. The number of hydrogen-bond acceptors (Lipinski definition) is 7. The van der Waals surface area contributed by atoms with Crippen molar-refractivity contribution in [3.05, 3.63) is 69.9 Å². The van der Waals surface area contributed by atoms with Crippen molar-refractivity contribution < 1.29 is 36.2 Å². The van der Waals surface area contributed by atoms with Crippen molar-refractivity contribution in [2.45, 2.75) is 31.8 Å². The van der Waals surface area contributed by atoms with Crippen LogP contribution in [-0.4, -0.2) is 40.3 Å². The smallest absolute Gasteiger partial charge is 0.433 e. The number of fused-ring (bicyclic) bond motifs is 3. The second-order valence-electron chi connectivity index (χ2n) is 8.25. The van der Waals surface area contributed by atoms with Crippen LogP contribution in [0.1, 0.15) is 17.7 Å². The van der Waals surface area contributed by atoms with Gasteiger partial charge in [-0.3, -0.25) is 9.55 Å². The Balaban J connectivity index is 1.31. The molecule has 36 heavy (non-hydrogen) atoms. The van der Waals surface area contributed by atoms with Crippen LogP contribution in [0.4, 0.5) is 27.8 Å². The highest BCUT2D eigenvalue weighted by molar-refractivity contribution is 5.47. The number of ether oxygens (including phenoxy) is 3. The fourth-order valence-electron chi connectivity index (χ4n) is 4.18. The van der Waals surface area contributed by atoms with Gasteiger partial charge in [-0.1, -0.05) is 0 Å². The van der Waals surface area contributed by atoms with E-state index in [2.05, 4.69) is 14.9 Å². The van der Waals surface area contributed by atoms with Crippen LogP contribution in [0.25, 0.3) is 0 Å². The molecule has 190 valence electrons. The topological polar surface area (TPSA) is 78.7 Å². The van der Waals surface area contributed by atoms with Crippen LogP contribution < -0.4 is 20.1 Å². The molecule has 5 rings (SSSR count). The quantitative estimate of drug-likeness (QED) is 0.482. The third-order valence-electron chi connectivity index (χ3n) is 5.85. The van der Waals surface area contributed by atoms with Crippen LogP contribution in [0.5, 0.6) is 17.4 Å². The van der Waals surface area contributed by atoms with Crippen molar-refractivity contribution in [2.24, 2.45) is 0 Å². The lowest BCUT2D eigenvalue weighted by Gasteiger charge is -2.22. The molecule has 3 aromatic rings. The Morgan fingerprint density at radius 3 is 2.64 bits per heavy atom. The molecular weight excluding hydrogens is 491 g/mol. The second-order valence-corrected chi connectivity index (χ2v) is 8.25. The standard InChI is InChI=1S/C23H19F5N4O4/c24-16-7-13(8-17(25)21(16)36-15-1-3-29-18(9-15)23(26,27)28)12-35-19-10-20-31-4-6-34-5-2-14(31)11-32(20)22(33)30-19/h1,3,7-10,14H,2,4-6,11-12H2/t14-/m1/s1. The summed E-state index contributed by atoms with van der Waals surface area (Å²) >= 11 is 0. The van der Waals surface area contributed by atoms with Gasteiger partial charge in [0.1, 0.15) is 23.9 Å². The van der Waals surface area contributed by atoms with E-state index in [1.54, 1.807) is 10.6 Å². The molecule has 8 nitrogen and oxygen atoms in total. The average molecular weight is 510 g/mol. The summed E-state index contributed by atoms with van der Waals surface area (Å²) in [4.78, 5) is 21.6. The first-order chi connectivity index (χ1) is 17.2. The van der Waals surface area contributed by atoms with Gasteiger partial charge in [-0.2, -0.15) is 18.2 Å². The molecule has 0 spiro atoms. The Hall–Kier alpha value is -3.74. The van der Waals surface area contributed by atoms with Gasteiger partial charge in [0, 0.05) is 38.0 Å². The van der Waals surface area contributed by atoms with Gasteiger partial charge < -0.3 is 19.1 Å².